The van der Waals surface area contributed by atoms with E-state index in [1.165, 1.54) is 5.56 Å². The first-order valence-electron chi connectivity index (χ1n) is 6.41. The molecule has 1 heterocycles. The van der Waals surface area contributed by atoms with Gasteiger partial charge in [-0.2, -0.15) is 0 Å². The van der Waals surface area contributed by atoms with Gasteiger partial charge in [0.15, 0.2) is 0 Å². The molecule has 0 amide bonds. The molecule has 1 aromatic carbocycles. The van der Waals surface area contributed by atoms with Crippen molar-refractivity contribution in [3.8, 4) is 0 Å². The third-order valence-electron chi connectivity index (χ3n) is 3.26. The number of cyclic esters (lactones) is 1. The second-order valence-electron chi connectivity index (χ2n) is 5.44. The lowest BCUT2D eigenvalue weighted by atomic mass is 9.89. The van der Waals surface area contributed by atoms with E-state index in [9.17, 15) is 4.79 Å². The Balaban J connectivity index is 1.67. The summed E-state index contributed by atoms with van der Waals surface area (Å²) < 4.78 is 10.9. The van der Waals surface area contributed by atoms with Gasteiger partial charge < -0.3 is 9.47 Å². The summed E-state index contributed by atoms with van der Waals surface area (Å²) in [5.41, 5.74) is 0.839. The summed E-state index contributed by atoms with van der Waals surface area (Å²) >= 11 is 0. The van der Waals surface area contributed by atoms with Crippen molar-refractivity contribution in [2.75, 3.05) is 6.61 Å². The molecule has 98 valence electrons. The normalized spacial score (nSPS) is 21.9. The zero-order valence-electron chi connectivity index (χ0n) is 11.0. The molecule has 1 atom stereocenters. The smallest absolute Gasteiger partial charge is 0.311 e. The average molecular weight is 248 g/mol. The van der Waals surface area contributed by atoms with Gasteiger partial charge in [-0.3, -0.25) is 4.79 Å². The average Bonchev–Trinajstić information content (AvgIpc) is 2.60. The van der Waals surface area contributed by atoms with Crippen molar-refractivity contribution in [3.63, 3.8) is 0 Å². The molecule has 3 nitrogen and oxygen atoms in total. The molecule has 0 saturated carbocycles. The Morgan fingerprint density at radius 2 is 2.06 bits per heavy atom. The van der Waals surface area contributed by atoms with Crippen LogP contribution in [0.3, 0.4) is 0 Å². The van der Waals surface area contributed by atoms with Gasteiger partial charge in [-0.1, -0.05) is 30.3 Å². The van der Waals surface area contributed by atoms with Gasteiger partial charge in [0.1, 0.15) is 6.10 Å². The minimum Gasteiger partial charge on any atom is -0.462 e. The van der Waals surface area contributed by atoms with Crippen LogP contribution in [0.4, 0.5) is 0 Å². The highest BCUT2D eigenvalue weighted by atomic mass is 16.6. The van der Waals surface area contributed by atoms with E-state index < -0.39 is 0 Å². The summed E-state index contributed by atoms with van der Waals surface area (Å²) in [6.45, 7) is 5.11. The first kappa shape index (κ1) is 13.1. The van der Waals surface area contributed by atoms with E-state index in [1.807, 2.05) is 44.2 Å². The molecule has 3 heteroatoms. The SMILES string of the molecule is CC1(C)CC(CCOCc2ccccc2)OC1=O. The fourth-order valence-electron chi connectivity index (χ4n) is 2.15. The third kappa shape index (κ3) is 3.33. The van der Waals surface area contributed by atoms with Crippen LogP contribution in [-0.4, -0.2) is 18.7 Å². The van der Waals surface area contributed by atoms with E-state index >= 15 is 0 Å². The Morgan fingerprint density at radius 3 is 2.67 bits per heavy atom. The molecule has 1 unspecified atom stereocenters. The highest BCUT2D eigenvalue weighted by Gasteiger charge is 2.40. The topological polar surface area (TPSA) is 35.5 Å². The maximum absolute atomic E-state index is 11.5. The predicted molar refractivity (Wildman–Crippen MR) is 69.0 cm³/mol. The van der Waals surface area contributed by atoms with Crippen LogP contribution in [0.15, 0.2) is 30.3 Å². The first-order chi connectivity index (χ1) is 8.58. The summed E-state index contributed by atoms with van der Waals surface area (Å²) in [6.07, 6.45) is 1.59. The van der Waals surface area contributed by atoms with Crippen molar-refractivity contribution in [2.45, 2.75) is 39.4 Å². The van der Waals surface area contributed by atoms with Crippen LogP contribution in [0, 0.1) is 5.41 Å². The number of ether oxygens (including phenoxy) is 2. The maximum Gasteiger partial charge on any atom is 0.311 e. The number of rotatable bonds is 5. The Morgan fingerprint density at radius 1 is 1.33 bits per heavy atom. The number of benzene rings is 1. The van der Waals surface area contributed by atoms with Crippen LogP contribution in [-0.2, 0) is 20.9 Å². The van der Waals surface area contributed by atoms with Crippen LogP contribution in [0.25, 0.3) is 0 Å². The minimum atomic E-state index is -0.329. The quantitative estimate of drug-likeness (QED) is 0.593. The summed E-state index contributed by atoms with van der Waals surface area (Å²) in [5.74, 6) is -0.0874. The van der Waals surface area contributed by atoms with Gasteiger partial charge in [-0.15, -0.1) is 0 Å². The Kier molecular flexibility index (Phi) is 4.02. The van der Waals surface area contributed by atoms with Crippen LogP contribution < -0.4 is 0 Å². The van der Waals surface area contributed by atoms with Crippen LogP contribution in [0.2, 0.25) is 0 Å². The minimum absolute atomic E-state index is 0.0169. The molecule has 1 fully saturated rings. The van der Waals surface area contributed by atoms with Gasteiger partial charge in [-0.25, -0.2) is 0 Å². The molecule has 1 aromatic rings. The summed E-state index contributed by atoms with van der Waals surface area (Å²) in [7, 11) is 0. The fraction of sp³-hybridized carbons (Fsp3) is 0.533. The summed E-state index contributed by atoms with van der Waals surface area (Å²) in [6, 6.07) is 10.1. The molecule has 0 spiro atoms. The van der Waals surface area contributed by atoms with Gasteiger partial charge in [0.05, 0.1) is 18.6 Å². The van der Waals surface area contributed by atoms with Crippen molar-refractivity contribution >= 4 is 5.97 Å². The van der Waals surface area contributed by atoms with Crippen LogP contribution in [0.1, 0.15) is 32.3 Å². The number of hydrogen-bond donors (Lipinski definition) is 0. The number of esters is 1. The van der Waals surface area contributed by atoms with Crippen molar-refractivity contribution in [2.24, 2.45) is 5.41 Å². The Hall–Kier alpha value is -1.35. The van der Waals surface area contributed by atoms with E-state index in [2.05, 4.69) is 0 Å². The zero-order chi connectivity index (χ0) is 13.0. The van der Waals surface area contributed by atoms with Gasteiger partial charge in [-0.05, 0) is 19.4 Å². The standard InChI is InChI=1S/C15H20O3/c1-15(2)10-13(18-14(15)16)8-9-17-11-12-6-4-3-5-7-12/h3-7,13H,8-11H2,1-2H3. The maximum atomic E-state index is 11.5. The number of carbonyl (C=O) groups excluding carboxylic acids is 1. The highest BCUT2D eigenvalue weighted by molar-refractivity contribution is 5.78. The van der Waals surface area contributed by atoms with E-state index in [-0.39, 0.29) is 17.5 Å². The van der Waals surface area contributed by atoms with Crippen molar-refractivity contribution in [1.82, 2.24) is 0 Å². The molecule has 0 N–H and O–H groups in total. The number of hydrogen-bond acceptors (Lipinski definition) is 3. The molecule has 0 radical (unpaired) electrons. The van der Waals surface area contributed by atoms with Gasteiger partial charge >= 0.3 is 5.97 Å². The van der Waals surface area contributed by atoms with E-state index in [0.717, 1.165) is 12.8 Å². The number of carbonyl (C=O) groups is 1. The lowest BCUT2D eigenvalue weighted by Gasteiger charge is -2.10. The molecule has 1 saturated heterocycles. The highest BCUT2D eigenvalue weighted by Crippen LogP contribution is 2.34. The van der Waals surface area contributed by atoms with E-state index in [0.29, 0.717) is 13.2 Å². The first-order valence-corrected chi connectivity index (χ1v) is 6.41. The monoisotopic (exact) mass is 248 g/mol. The summed E-state index contributed by atoms with van der Waals surface area (Å²) in [4.78, 5) is 11.5. The van der Waals surface area contributed by atoms with Crippen LogP contribution in [0.5, 0.6) is 0 Å². The lowest BCUT2D eigenvalue weighted by molar-refractivity contribution is -0.147. The predicted octanol–water partition coefficient (Wildman–Crippen LogP) is 2.94. The molecular weight excluding hydrogens is 228 g/mol. The zero-order valence-corrected chi connectivity index (χ0v) is 11.0. The largest absolute Gasteiger partial charge is 0.462 e. The third-order valence-corrected chi connectivity index (χ3v) is 3.26. The van der Waals surface area contributed by atoms with Gasteiger partial charge in [0.2, 0.25) is 0 Å². The van der Waals surface area contributed by atoms with Gasteiger partial charge in [0, 0.05) is 12.8 Å². The molecule has 18 heavy (non-hydrogen) atoms. The Labute approximate surface area is 108 Å². The molecule has 1 aliphatic rings. The molecule has 0 bridgehead atoms. The molecule has 2 rings (SSSR count). The molecule has 1 aliphatic heterocycles. The molecule has 0 aliphatic carbocycles. The van der Waals surface area contributed by atoms with Crippen molar-refractivity contribution < 1.29 is 14.3 Å². The lowest BCUT2D eigenvalue weighted by Crippen LogP contribution is -2.16. The second kappa shape index (κ2) is 5.53. The molecular formula is C15H20O3. The van der Waals surface area contributed by atoms with Crippen molar-refractivity contribution in [1.29, 1.82) is 0 Å². The van der Waals surface area contributed by atoms with Gasteiger partial charge in [0.25, 0.3) is 0 Å². The van der Waals surface area contributed by atoms with Crippen molar-refractivity contribution in [3.05, 3.63) is 35.9 Å². The Bertz CT molecular complexity index is 397. The second-order valence-corrected chi connectivity index (χ2v) is 5.44. The molecule has 0 aromatic heterocycles. The van der Waals surface area contributed by atoms with Crippen LogP contribution >= 0.6 is 0 Å². The fourth-order valence-corrected chi connectivity index (χ4v) is 2.15. The van der Waals surface area contributed by atoms with E-state index in [4.69, 9.17) is 9.47 Å². The summed E-state index contributed by atoms with van der Waals surface area (Å²) in [5, 5.41) is 0. The van der Waals surface area contributed by atoms with E-state index in [1.54, 1.807) is 0 Å².